The third-order valence-electron chi connectivity index (χ3n) is 2.91. The number of nitrogens with two attached hydrogens (primary N) is 2. The van der Waals surface area contributed by atoms with Gasteiger partial charge in [0.2, 0.25) is 5.43 Å². The van der Waals surface area contributed by atoms with Crippen molar-refractivity contribution in [3.63, 3.8) is 0 Å². The first-order valence-electron chi connectivity index (χ1n) is 5.32. The molecule has 0 fully saturated rings. The molecule has 0 spiro atoms. The molecule has 0 aliphatic rings. The topological polar surface area (TPSA) is 102 Å². The van der Waals surface area contributed by atoms with Gasteiger partial charge in [0.25, 0.3) is 0 Å². The molecule has 0 radical (unpaired) electrons. The number of fused-ring (bicyclic) bond motifs is 2. The van der Waals surface area contributed by atoms with Crippen molar-refractivity contribution in [2.24, 2.45) is 0 Å². The molecule has 0 atom stereocenters. The Labute approximate surface area is 101 Å². The van der Waals surface area contributed by atoms with Crippen molar-refractivity contribution >= 4 is 33.3 Å². The molecule has 0 saturated heterocycles. The van der Waals surface area contributed by atoms with Crippen LogP contribution >= 0.6 is 0 Å². The van der Waals surface area contributed by atoms with Gasteiger partial charge in [-0.1, -0.05) is 12.1 Å². The largest absolute Gasteiger partial charge is 0.504 e. The lowest BCUT2D eigenvalue weighted by Crippen LogP contribution is -2.06. The minimum atomic E-state index is -0.287. The predicted octanol–water partition coefficient (Wildman–Crippen LogP) is 1.82. The van der Waals surface area contributed by atoms with E-state index in [0.717, 1.165) is 0 Å². The summed E-state index contributed by atoms with van der Waals surface area (Å²) in [5, 5.41) is 10.2. The quantitative estimate of drug-likeness (QED) is 0.317. The van der Waals surface area contributed by atoms with E-state index in [0.29, 0.717) is 11.0 Å². The lowest BCUT2D eigenvalue weighted by molar-refractivity contribution is 0.481. The molecule has 5 nitrogen and oxygen atoms in total. The second-order valence-corrected chi connectivity index (χ2v) is 4.03. The van der Waals surface area contributed by atoms with Gasteiger partial charge in [-0.05, 0) is 12.1 Å². The van der Waals surface area contributed by atoms with Crippen LogP contribution in [0.2, 0.25) is 0 Å². The number of para-hydroxylation sites is 1. The van der Waals surface area contributed by atoms with Gasteiger partial charge < -0.3 is 21.0 Å². The van der Waals surface area contributed by atoms with E-state index in [9.17, 15) is 9.90 Å². The number of aromatic hydroxyl groups is 1. The summed E-state index contributed by atoms with van der Waals surface area (Å²) < 4.78 is 5.57. The maximum atomic E-state index is 12.3. The van der Waals surface area contributed by atoms with Crippen LogP contribution < -0.4 is 16.9 Å². The van der Waals surface area contributed by atoms with E-state index in [1.807, 2.05) is 0 Å². The molecule has 5 heteroatoms. The highest BCUT2D eigenvalue weighted by Gasteiger charge is 2.15. The zero-order valence-corrected chi connectivity index (χ0v) is 9.31. The average molecular weight is 242 g/mol. The van der Waals surface area contributed by atoms with Crippen LogP contribution in [-0.4, -0.2) is 5.11 Å². The number of phenolic OH excluding ortho intramolecular Hbond substituents is 1. The number of hydrogen-bond donors (Lipinski definition) is 3. The van der Waals surface area contributed by atoms with E-state index in [1.54, 1.807) is 24.3 Å². The van der Waals surface area contributed by atoms with Crippen LogP contribution in [0.1, 0.15) is 0 Å². The third kappa shape index (κ3) is 1.24. The number of rotatable bonds is 0. The highest BCUT2D eigenvalue weighted by atomic mass is 16.3. The summed E-state index contributed by atoms with van der Waals surface area (Å²) in [5.74, 6) is -0.287. The first kappa shape index (κ1) is 10.5. The lowest BCUT2D eigenvalue weighted by Gasteiger charge is -2.07. The second kappa shape index (κ2) is 3.40. The molecule has 2 aromatic carbocycles. The maximum Gasteiger partial charge on any atom is 0.202 e. The molecule has 18 heavy (non-hydrogen) atoms. The molecule has 1 aromatic heterocycles. The monoisotopic (exact) mass is 242 g/mol. The fourth-order valence-corrected chi connectivity index (χ4v) is 2.00. The van der Waals surface area contributed by atoms with Gasteiger partial charge in [-0.3, -0.25) is 4.79 Å². The molecule has 3 rings (SSSR count). The van der Waals surface area contributed by atoms with Crippen LogP contribution in [0.4, 0.5) is 11.4 Å². The smallest absolute Gasteiger partial charge is 0.202 e. The standard InChI is InChI=1S/C13H10N2O3/c14-7-5-9-10(11(15)13(7)17)12(16)6-3-1-2-4-8(6)18-9/h1-5,17H,14-15H2. The molecule has 0 aliphatic heterocycles. The molecule has 5 N–H and O–H groups in total. The van der Waals surface area contributed by atoms with Crippen LogP contribution in [0.15, 0.2) is 39.5 Å². The van der Waals surface area contributed by atoms with E-state index < -0.39 is 0 Å². The fourth-order valence-electron chi connectivity index (χ4n) is 2.00. The molecule has 90 valence electrons. The third-order valence-corrected chi connectivity index (χ3v) is 2.91. The predicted molar refractivity (Wildman–Crippen MR) is 70.5 cm³/mol. The molecule has 0 bridgehead atoms. The van der Waals surface area contributed by atoms with Gasteiger partial charge in [-0.15, -0.1) is 0 Å². The summed E-state index contributed by atoms with van der Waals surface area (Å²) in [4.78, 5) is 12.3. The van der Waals surface area contributed by atoms with Crippen molar-refractivity contribution in [3.8, 4) is 5.75 Å². The van der Waals surface area contributed by atoms with E-state index >= 15 is 0 Å². The van der Waals surface area contributed by atoms with E-state index in [4.69, 9.17) is 15.9 Å². The van der Waals surface area contributed by atoms with Crippen molar-refractivity contribution in [3.05, 3.63) is 40.6 Å². The number of benzene rings is 2. The van der Waals surface area contributed by atoms with Crippen molar-refractivity contribution in [2.45, 2.75) is 0 Å². The minimum absolute atomic E-state index is 0.0514. The Hall–Kier alpha value is -2.69. The second-order valence-electron chi connectivity index (χ2n) is 4.03. The first-order chi connectivity index (χ1) is 8.59. The van der Waals surface area contributed by atoms with Gasteiger partial charge in [-0.2, -0.15) is 0 Å². The Bertz CT molecular complexity index is 837. The Kier molecular flexibility index (Phi) is 1.98. The lowest BCUT2D eigenvalue weighted by atomic mass is 10.1. The Balaban J connectivity index is 2.65. The molecular weight excluding hydrogens is 232 g/mol. The molecule has 1 heterocycles. The summed E-state index contributed by atoms with van der Waals surface area (Å²) >= 11 is 0. The molecule has 0 unspecified atom stereocenters. The fraction of sp³-hybridized carbons (Fsp3) is 0. The van der Waals surface area contributed by atoms with Crippen LogP contribution in [0.5, 0.6) is 5.75 Å². The Morgan fingerprint density at radius 3 is 2.61 bits per heavy atom. The maximum absolute atomic E-state index is 12.3. The number of anilines is 2. The van der Waals surface area contributed by atoms with Gasteiger partial charge >= 0.3 is 0 Å². The molecule has 0 aliphatic carbocycles. The van der Waals surface area contributed by atoms with Crippen molar-refractivity contribution in [1.29, 1.82) is 0 Å². The zero-order chi connectivity index (χ0) is 12.9. The van der Waals surface area contributed by atoms with Gasteiger partial charge in [-0.25, -0.2) is 0 Å². The van der Waals surface area contributed by atoms with E-state index in [2.05, 4.69) is 0 Å². The highest BCUT2D eigenvalue weighted by molar-refractivity contribution is 6.01. The SMILES string of the molecule is Nc1cc2oc3ccccc3c(=O)c2c(N)c1O. The normalized spacial score (nSPS) is 11.1. The molecular formula is C13H10N2O3. The van der Waals surface area contributed by atoms with E-state index in [-0.39, 0.29) is 33.5 Å². The number of nitrogen functional groups attached to an aromatic ring is 2. The summed E-state index contributed by atoms with van der Waals surface area (Å²) in [5.41, 5.74) is 11.8. The van der Waals surface area contributed by atoms with Crippen molar-refractivity contribution < 1.29 is 9.52 Å². The number of phenols is 1. The van der Waals surface area contributed by atoms with Crippen LogP contribution in [0, 0.1) is 0 Å². The Morgan fingerprint density at radius 2 is 1.83 bits per heavy atom. The number of hydrogen-bond acceptors (Lipinski definition) is 5. The summed E-state index contributed by atoms with van der Waals surface area (Å²) in [6.45, 7) is 0. The van der Waals surface area contributed by atoms with Gasteiger partial charge in [0.05, 0.1) is 22.1 Å². The van der Waals surface area contributed by atoms with E-state index in [1.165, 1.54) is 6.07 Å². The van der Waals surface area contributed by atoms with Crippen LogP contribution in [-0.2, 0) is 0 Å². The van der Waals surface area contributed by atoms with Crippen LogP contribution in [0.25, 0.3) is 21.9 Å². The average Bonchev–Trinajstić information content (AvgIpc) is 2.36. The highest BCUT2D eigenvalue weighted by Crippen LogP contribution is 2.34. The van der Waals surface area contributed by atoms with Gasteiger partial charge in [0.1, 0.15) is 11.2 Å². The summed E-state index contributed by atoms with van der Waals surface area (Å²) in [7, 11) is 0. The summed E-state index contributed by atoms with van der Waals surface area (Å²) in [6, 6.07) is 8.24. The minimum Gasteiger partial charge on any atom is -0.504 e. The van der Waals surface area contributed by atoms with Crippen molar-refractivity contribution in [1.82, 2.24) is 0 Å². The summed E-state index contributed by atoms with van der Waals surface area (Å²) in [6.07, 6.45) is 0. The van der Waals surface area contributed by atoms with Crippen LogP contribution in [0.3, 0.4) is 0 Å². The van der Waals surface area contributed by atoms with Gasteiger partial charge in [0, 0.05) is 6.07 Å². The molecule has 0 amide bonds. The molecule has 0 saturated carbocycles. The first-order valence-corrected chi connectivity index (χ1v) is 5.32. The van der Waals surface area contributed by atoms with Crippen molar-refractivity contribution in [2.75, 3.05) is 11.5 Å². The zero-order valence-electron chi connectivity index (χ0n) is 9.31. The Morgan fingerprint density at radius 1 is 1.11 bits per heavy atom. The van der Waals surface area contributed by atoms with Gasteiger partial charge in [0.15, 0.2) is 5.75 Å². The molecule has 3 aromatic rings.